The number of carbonyl (C=O) groups excluding carboxylic acids is 1. The molecule has 0 aliphatic rings. The summed E-state index contributed by atoms with van der Waals surface area (Å²) in [6.07, 6.45) is 35.3. The van der Waals surface area contributed by atoms with Crippen LogP contribution < -0.4 is 5.32 Å². The van der Waals surface area contributed by atoms with Crippen LogP contribution in [0.1, 0.15) is 207 Å². The molecule has 0 radical (unpaired) electrons. The van der Waals surface area contributed by atoms with E-state index in [-0.39, 0.29) is 6.42 Å². The molecule has 0 spiro atoms. The normalized spacial score (nSPS) is 15.1. The second-order valence-electron chi connectivity index (χ2n) is 14.6. The summed E-state index contributed by atoms with van der Waals surface area (Å²) < 4.78 is 0. The molecule has 0 aromatic rings. The average Bonchev–Trinajstić information content (AvgIpc) is 3.08. The van der Waals surface area contributed by atoms with E-state index in [0.29, 0.717) is 6.42 Å². The molecule has 0 aromatic carbocycles. The molecule has 280 valence electrons. The van der Waals surface area contributed by atoms with Crippen LogP contribution in [0.2, 0.25) is 0 Å². The maximum absolute atomic E-state index is 12.4. The summed E-state index contributed by atoms with van der Waals surface area (Å²) in [6, 6.07) is -1.00. The van der Waals surface area contributed by atoms with Crippen molar-refractivity contribution in [1.29, 1.82) is 0 Å². The zero-order valence-electron chi connectivity index (χ0n) is 31.5. The van der Waals surface area contributed by atoms with Crippen molar-refractivity contribution in [3.63, 3.8) is 0 Å². The summed E-state index contributed by atoms with van der Waals surface area (Å²) in [5.41, 5.74) is 0. The van der Waals surface area contributed by atoms with Crippen molar-refractivity contribution < 1.29 is 25.2 Å². The Morgan fingerprint density at radius 1 is 0.596 bits per heavy atom. The van der Waals surface area contributed by atoms with Crippen LogP contribution in [0.25, 0.3) is 0 Å². The second-order valence-corrected chi connectivity index (χ2v) is 14.6. The first-order valence-electron chi connectivity index (χ1n) is 20.5. The van der Waals surface area contributed by atoms with Gasteiger partial charge in [-0.2, -0.15) is 0 Å². The third-order valence-corrected chi connectivity index (χ3v) is 10.0. The fraction of sp³-hybridized carbons (Fsp3) is 0.927. The van der Waals surface area contributed by atoms with Crippen molar-refractivity contribution in [2.45, 2.75) is 231 Å². The highest BCUT2D eigenvalue weighted by Crippen LogP contribution is 2.17. The van der Waals surface area contributed by atoms with Crippen LogP contribution >= 0.6 is 0 Å². The summed E-state index contributed by atoms with van der Waals surface area (Å²) in [6.45, 7) is 6.37. The van der Waals surface area contributed by atoms with Crippen LogP contribution in [0.15, 0.2) is 12.2 Å². The van der Waals surface area contributed by atoms with Gasteiger partial charge in [-0.05, 0) is 25.2 Å². The highest BCUT2D eigenvalue weighted by Gasteiger charge is 2.28. The number of aliphatic hydroxyl groups excluding tert-OH is 4. The van der Waals surface area contributed by atoms with Gasteiger partial charge in [0.25, 0.3) is 0 Å². The first-order valence-corrected chi connectivity index (χ1v) is 20.5. The predicted molar refractivity (Wildman–Crippen MR) is 201 cm³/mol. The number of unbranched alkanes of at least 4 members (excludes halogenated alkanes) is 23. The molecule has 6 nitrogen and oxygen atoms in total. The zero-order valence-corrected chi connectivity index (χ0v) is 31.5. The van der Waals surface area contributed by atoms with Crippen LogP contribution in [0, 0.1) is 5.92 Å². The second kappa shape index (κ2) is 34.9. The highest BCUT2D eigenvalue weighted by molar-refractivity contribution is 5.81. The Bertz CT molecular complexity index is 687. The standard InChI is InChI=1S/C41H81NO5/c1-4-6-7-8-9-10-11-12-13-14-15-16-17-18-21-25-28-31-34-39(45)41(47)42-37(35-43)40(46)38(44)33-30-27-24-22-19-20-23-26-29-32-36(3)5-2/h28,31,36-40,43-46H,4-27,29-30,32-35H2,1-3H3,(H,42,47)/b31-28+/t36?,37-,38+,39+,40-/m0/s1. The van der Waals surface area contributed by atoms with Gasteiger partial charge in [-0.15, -0.1) is 0 Å². The largest absolute Gasteiger partial charge is 0.394 e. The topological polar surface area (TPSA) is 110 Å². The molecule has 0 heterocycles. The van der Waals surface area contributed by atoms with Crippen LogP contribution in [0.4, 0.5) is 0 Å². The minimum atomic E-state index is -1.27. The van der Waals surface area contributed by atoms with E-state index in [9.17, 15) is 25.2 Å². The third-order valence-electron chi connectivity index (χ3n) is 10.0. The first-order chi connectivity index (χ1) is 22.9. The fourth-order valence-electron chi connectivity index (χ4n) is 6.33. The molecule has 0 saturated heterocycles. The minimum absolute atomic E-state index is 0.194. The number of carbonyl (C=O) groups is 1. The summed E-state index contributed by atoms with van der Waals surface area (Å²) in [4.78, 5) is 12.4. The summed E-state index contributed by atoms with van der Waals surface area (Å²) in [5, 5.41) is 43.5. The quantitative estimate of drug-likeness (QED) is 0.0337. The molecule has 0 fully saturated rings. The maximum Gasteiger partial charge on any atom is 0.249 e. The fourth-order valence-corrected chi connectivity index (χ4v) is 6.33. The summed E-state index contributed by atoms with van der Waals surface area (Å²) >= 11 is 0. The predicted octanol–water partition coefficient (Wildman–Crippen LogP) is 10.1. The number of nitrogens with one attached hydrogen (secondary N) is 1. The molecule has 5 atom stereocenters. The molecule has 0 bridgehead atoms. The van der Waals surface area contributed by atoms with Gasteiger partial charge < -0.3 is 25.7 Å². The van der Waals surface area contributed by atoms with Crippen LogP contribution in [0.5, 0.6) is 0 Å². The molecule has 47 heavy (non-hydrogen) atoms. The van der Waals surface area contributed by atoms with Gasteiger partial charge in [0, 0.05) is 6.42 Å². The number of hydrogen-bond donors (Lipinski definition) is 5. The van der Waals surface area contributed by atoms with Gasteiger partial charge in [0.2, 0.25) is 5.91 Å². The zero-order chi connectivity index (χ0) is 34.8. The van der Waals surface area contributed by atoms with E-state index in [1.807, 2.05) is 12.2 Å². The summed E-state index contributed by atoms with van der Waals surface area (Å²) in [7, 11) is 0. The molecule has 5 N–H and O–H groups in total. The highest BCUT2D eigenvalue weighted by atomic mass is 16.3. The number of rotatable bonds is 36. The van der Waals surface area contributed by atoms with Crippen LogP contribution in [0.3, 0.4) is 0 Å². The van der Waals surface area contributed by atoms with E-state index in [1.165, 1.54) is 141 Å². The van der Waals surface area contributed by atoms with Gasteiger partial charge in [-0.25, -0.2) is 0 Å². The molecule has 1 unspecified atom stereocenters. The lowest BCUT2D eigenvalue weighted by molar-refractivity contribution is -0.132. The Hall–Kier alpha value is -0.950. The number of aliphatic hydroxyl groups is 4. The minimum Gasteiger partial charge on any atom is -0.394 e. The molecule has 0 aromatic heterocycles. The van der Waals surface area contributed by atoms with Crippen molar-refractivity contribution in [3.05, 3.63) is 12.2 Å². The van der Waals surface area contributed by atoms with Crippen molar-refractivity contribution in [3.8, 4) is 0 Å². The molecule has 1 amide bonds. The van der Waals surface area contributed by atoms with Crippen molar-refractivity contribution in [1.82, 2.24) is 5.32 Å². The van der Waals surface area contributed by atoms with E-state index in [4.69, 9.17) is 0 Å². The smallest absolute Gasteiger partial charge is 0.249 e. The van der Waals surface area contributed by atoms with Crippen molar-refractivity contribution in [2.75, 3.05) is 6.61 Å². The monoisotopic (exact) mass is 668 g/mol. The van der Waals surface area contributed by atoms with E-state index < -0.39 is 36.9 Å². The van der Waals surface area contributed by atoms with Crippen LogP contribution in [-0.4, -0.2) is 57.3 Å². The van der Waals surface area contributed by atoms with Gasteiger partial charge >= 0.3 is 0 Å². The van der Waals surface area contributed by atoms with Gasteiger partial charge in [0.1, 0.15) is 12.2 Å². The van der Waals surface area contributed by atoms with Crippen molar-refractivity contribution in [2.24, 2.45) is 5.92 Å². The van der Waals surface area contributed by atoms with E-state index in [0.717, 1.165) is 38.0 Å². The van der Waals surface area contributed by atoms with E-state index >= 15 is 0 Å². The molecule has 0 aliphatic carbocycles. The van der Waals surface area contributed by atoms with Crippen LogP contribution in [-0.2, 0) is 4.79 Å². The SMILES string of the molecule is CCCCCCCCCCCCCCCCC/C=C/C[C@@H](O)C(=O)N[C@@H](CO)[C@H](O)[C@H](O)CCCCCCCCCCCC(C)CC. The van der Waals surface area contributed by atoms with E-state index in [2.05, 4.69) is 26.1 Å². The molecular formula is C41H81NO5. The molecular weight excluding hydrogens is 586 g/mol. The number of amides is 1. The summed E-state index contributed by atoms with van der Waals surface area (Å²) in [5.74, 6) is 0.219. The van der Waals surface area contributed by atoms with Gasteiger partial charge in [0.05, 0.1) is 18.8 Å². The average molecular weight is 668 g/mol. The Labute approximate surface area is 292 Å². The van der Waals surface area contributed by atoms with Gasteiger partial charge in [-0.1, -0.05) is 193 Å². The first kappa shape index (κ1) is 46.0. The lowest BCUT2D eigenvalue weighted by Gasteiger charge is -2.27. The van der Waals surface area contributed by atoms with E-state index in [1.54, 1.807) is 0 Å². The number of hydrogen-bond acceptors (Lipinski definition) is 5. The van der Waals surface area contributed by atoms with Gasteiger partial charge in [-0.3, -0.25) is 4.79 Å². The molecule has 0 rings (SSSR count). The van der Waals surface area contributed by atoms with Crippen molar-refractivity contribution >= 4 is 5.91 Å². The Balaban J connectivity index is 3.81. The third kappa shape index (κ3) is 29.7. The van der Waals surface area contributed by atoms with Gasteiger partial charge in [0.15, 0.2) is 0 Å². The Kier molecular flexibility index (Phi) is 34.2. The lowest BCUT2D eigenvalue weighted by atomic mass is 9.98. The molecule has 6 heteroatoms. The lowest BCUT2D eigenvalue weighted by Crippen LogP contribution is -2.53. The Morgan fingerprint density at radius 3 is 1.47 bits per heavy atom. The Morgan fingerprint density at radius 2 is 1.02 bits per heavy atom. The molecule has 0 aliphatic heterocycles. The number of allylic oxidation sites excluding steroid dienone is 1. The maximum atomic E-state index is 12.4. The molecule has 0 saturated carbocycles.